The van der Waals surface area contributed by atoms with Gasteiger partial charge in [0.25, 0.3) is 5.91 Å². The predicted octanol–water partition coefficient (Wildman–Crippen LogP) is 0.803. The van der Waals surface area contributed by atoms with Gasteiger partial charge in [-0.05, 0) is 32.1 Å². The lowest BCUT2D eigenvalue weighted by Crippen LogP contribution is -2.51. The maximum Gasteiger partial charge on any atom is 0.266 e. The van der Waals surface area contributed by atoms with Gasteiger partial charge < -0.3 is 10.0 Å². The number of likely N-dealkylation sites (tertiary alicyclic amines) is 2. The summed E-state index contributed by atoms with van der Waals surface area (Å²) in [5.41, 5.74) is 0. The van der Waals surface area contributed by atoms with Gasteiger partial charge >= 0.3 is 0 Å². The van der Waals surface area contributed by atoms with Crippen molar-refractivity contribution in [1.82, 2.24) is 9.80 Å². The third-order valence-corrected chi connectivity index (χ3v) is 3.63. The second-order valence-corrected chi connectivity index (χ2v) is 4.86. The van der Waals surface area contributed by atoms with Gasteiger partial charge in [0, 0.05) is 26.2 Å². The molecule has 0 spiro atoms. The van der Waals surface area contributed by atoms with Gasteiger partial charge in [-0.25, -0.2) is 0 Å². The van der Waals surface area contributed by atoms with Crippen molar-refractivity contribution in [3.63, 3.8) is 0 Å². The Labute approximate surface area is 97.2 Å². The van der Waals surface area contributed by atoms with Gasteiger partial charge in [-0.1, -0.05) is 6.42 Å². The molecule has 4 nitrogen and oxygen atoms in total. The number of rotatable bonds is 2. The molecular weight excluding hydrogens is 204 g/mol. The van der Waals surface area contributed by atoms with Gasteiger partial charge in [-0.15, -0.1) is 0 Å². The van der Waals surface area contributed by atoms with Crippen LogP contribution >= 0.6 is 0 Å². The Morgan fingerprint density at radius 2 is 1.38 bits per heavy atom. The zero-order valence-corrected chi connectivity index (χ0v) is 9.90. The van der Waals surface area contributed by atoms with Crippen molar-refractivity contribution in [2.45, 2.75) is 44.8 Å². The van der Waals surface area contributed by atoms with Crippen LogP contribution in [0.3, 0.4) is 0 Å². The molecule has 2 rings (SSSR count). The highest BCUT2D eigenvalue weighted by Gasteiger charge is 2.29. The van der Waals surface area contributed by atoms with E-state index >= 15 is 0 Å². The van der Waals surface area contributed by atoms with Gasteiger partial charge in [0.1, 0.15) is 0 Å². The Balaban J connectivity index is 1.86. The Hall–Kier alpha value is -0.610. The van der Waals surface area contributed by atoms with Gasteiger partial charge in [0.05, 0.1) is 0 Å². The van der Waals surface area contributed by atoms with Crippen molar-refractivity contribution in [1.29, 1.82) is 0 Å². The second-order valence-electron chi connectivity index (χ2n) is 4.86. The molecule has 1 N–H and O–H groups in total. The number of aliphatic hydroxyl groups excluding tert-OH is 1. The van der Waals surface area contributed by atoms with E-state index in [2.05, 4.69) is 0 Å². The molecule has 2 aliphatic heterocycles. The van der Waals surface area contributed by atoms with Gasteiger partial charge in [0.15, 0.2) is 6.23 Å². The van der Waals surface area contributed by atoms with E-state index in [0.717, 1.165) is 51.9 Å². The third-order valence-electron chi connectivity index (χ3n) is 3.63. The maximum atomic E-state index is 12.0. The normalized spacial score (nSPS) is 25.4. The molecule has 16 heavy (non-hydrogen) atoms. The zero-order chi connectivity index (χ0) is 11.4. The van der Waals surface area contributed by atoms with E-state index in [9.17, 15) is 9.90 Å². The number of aliphatic hydroxyl groups is 1. The lowest BCUT2D eigenvalue weighted by Gasteiger charge is -2.35. The maximum absolute atomic E-state index is 12.0. The van der Waals surface area contributed by atoms with Gasteiger partial charge in [-0.3, -0.25) is 9.69 Å². The summed E-state index contributed by atoms with van der Waals surface area (Å²) in [5, 5.41) is 10.0. The van der Waals surface area contributed by atoms with Crippen LogP contribution in [0.2, 0.25) is 0 Å². The third kappa shape index (κ3) is 2.74. The molecular formula is C12H22N2O2. The lowest BCUT2D eigenvalue weighted by atomic mass is 10.1. The van der Waals surface area contributed by atoms with Crippen LogP contribution in [0, 0.1) is 0 Å². The van der Waals surface area contributed by atoms with E-state index < -0.39 is 6.23 Å². The molecule has 0 radical (unpaired) electrons. The fourth-order valence-corrected chi connectivity index (χ4v) is 2.60. The van der Waals surface area contributed by atoms with Crippen molar-refractivity contribution in [3.05, 3.63) is 0 Å². The molecule has 0 aliphatic carbocycles. The molecule has 0 aromatic carbocycles. The molecule has 2 saturated heterocycles. The van der Waals surface area contributed by atoms with E-state index in [1.54, 1.807) is 0 Å². The molecule has 0 bridgehead atoms. The van der Waals surface area contributed by atoms with Crippen molar-refractivity contribution < 1.29 is 9.90 Å². The highest BCUT2D eigenvalue weighted by atomic mass is 16.3. The first-order valence-electron chi connectivity index (χ1n) is 6.50. The minimum absolute atomic E-state index is 0.0819. The average molecular weight is 226 g/mol. The zero-order valence-electron chi connectivity index (χ0n) is 9.90. The topological polar surface area (TPSA) is 43.8 Å². The number of piperidine rings is 2. The summed E-state index contributed by atoms with van der Waals surface area (Å²) < 4.78 is 0. The van der Waals surface area contributed by atoms with Crippen LogP contribution in [-0.2, 0) is 4.79 Å². The molecule has 2 aliphatic rings. The van der Waals surface area contributed by atoms with E-state index in [-0.39, 0.29) is 5.91 Å². The molecule has 4 heteroatoms. The molecule has 0 aromatic rings. The highest BCUT2D eigenvalue weighted by Crippen LogP contribution is 2.15. The summed E-state index contributed by atoms with van der Waals surface area (Å²) >= 11 is 0. The predicted molar refractivity (Wildman–Crippen MR) is 61.9 cm³/mol. The first kappa shape index (κ1) is 11.9. The summed E-state index contributed by atoms with van der Waals surface area (Å²) in [6, 6.07) is 0. The van der Waals surface area contributed by atoms with E-state index in [1.165, 1.54) is 12.8 Å². The number of nitrogens with zero attached hydrogens (tertiary/aromatic N) is 2. The lowest BCUT2D eigenvalue weighted by molar-refractivity contribution is -0.152. The molecule has 2 heterocycles. The largest absolute Gasteiger partial charge is 0.370 e. The van der Waals surface area contributed by atoms with E-state index in [4.69, 9.17) is 0 Å². The summed E-state index contributed by atoms with van der Waals surface area (Å²) in [6.07, 6.45) is 5.91. The first-order valence-corrected chi connectivity index (χ1v) is 6.50. The summed E-state index contributed by atoms with van der Waals surface area (Å²) in [7, 11) is 0. The van der Waals surface area contributed by atoms with Crippen molar-refractivity contribution in [3.8, 4) is 0 Å². The fourth-order valence-electron chi connectivity index (χ4n) is 2.60. The molecule has 2 fully saturated rings. The van der Waals surface area contributed by atoms with E-state index in [0.29, 0.717) is 0 Å². The quantitative estimate of drug-likeness (QED) is 0.757. The Bertz CT molecular complexity index is 233. The molecule has 0 aromatic heterocycles. The number of hydrogen-bond donors (Lipinski definition) is 1. The number of hydrogen-bond acceptors (Lipinski definition) is 3. The monoisotopic (exact) mass is 226 g/mol. The van der Waals surface area contributed by atoms with Crippen LogP contribution < -0.4 is 0 Å². The van der Waals surface area contributed by atoms with Gasteiger partial charge in [0.2, 0.25) is 0 Å². The van der Waals surface area contributed by atoms with Crippen molar-refractivity contribution in [2.24, 2.45) is 0 Å². The Kier molecular flexibility index (Phi) is 4.18. The van der Waals surface area contributed by atoms with Crippen molar-refractivity contribution in [2.75, 3.05) is 26.2 Å². The Morgan fingerprint density at radius 3 is 1.94 bits per heavy atom. The fraction of sp³-hybridized carbons (Fsp3) is 0.917. The minimum atomic E-state index is -0.890. The second kappa shape index (κ2) is 5.64. The van der Waals surface area contributed by atoms with Crippen molar-refractivity contribution >= 4 is 5.91 Å². The van der Waals surface area contributed by atoms with E-state index in [1.807, 2.05) is 9.80 Å². The minimum Gasteiger partial charge on any atom is -0.370 e. The molecule has 92 valence electrons. The summed E-state index contributed by atoms with van der Waals surface area (Å²) in [5.74, 6) is -0.0819. The van der Waals surface area contributed by atoms with Crippen LogP contribution in [0.4, 0.5) is 0 Å². The molecule has 0 saturated carbocycles. The Morgan fingerprint density at radius 1 is 0.875 bits per heavy atom. The number of amides is 1. The van der Waals surface area contributed by atoms with Crippen LogP contribution in [0.1, 0.15) is 38.5 Å². The standard InChI is InChI=1S/C12H22N2O2/c15-11(13-7-3-1-4-8-13)12(16)14-9-5-2-6-10-14/h11,15H,1-10H2. The first-order chi connectivity index (χ1) is 7.79. The number of carbonyl (C=O) groups is 1. The number of carbonyl (C=O) groups excluding carboxylic acids is 1. The van der Waals surface area contributed by atoms with Crippen LogP contribution in [0.25, 0.3) is 0 Å². The molecule has 1 amide bonds. The molecule has 1 unspecified atom stereocenters. The van der Waals surface area contributed by atoms with Crippen LogP contribution in [0.5, 0.6) is 0 Å². The summed E-state index contributed by atoms with van der Waals surface area (Å²) in [6.45, 7) is 3.37. The van der Waals surface area contributed by atoms with Crippen LogP contribution in [-0.4, -0.2) is 53.2 Å². The average Bonchev–Trinajstić information content (AvgIpc) is 2.39. The molecule has 1 atom stereocenters. The highest BCUT2D eigenvalue weighted by molar-refractivity contribution is 5.80. The SMILES string of the molecule is O=C(C(O)N1CCCCC1)N1CCCCC1. The van der Waals surface area contributed by atoms with Gasteiger partial charge in [-0.2, -0.15) is 0 Å². The summed E-state index contributed by atoms with van der Waals surface area (Å²) in [4.78, 5) is 15.8. The smallest absolute Gasteiger partial charge is 0.266 e. The van der Waals surface area contributed by atoms with Crippen LogP contribution in [0.15, 0.2) is 0 Å².